The van der Waals surface area contributed by atoms with Crippen LogP contribution >= 0.6 is 0 Å². The second kappa shape index (κ2) is 8.41. The normalized spacial score (nSPS) is 19.9. The Morgan fingerprint density at radius 2 is 2.13 bits per heavy atom. The van der Waals surface area contributed by atoms with Crippen LogP contribution in [0, 0.1) is 5.82 Å². The SMILES string of the molecule is CCC(C(=O)N1CCNCC1c1cccc(F)c1)N(CC)CC. The number of hydrogen-bond acceptors (Lipinski definition) is 3. The number of likely N-dealkylation sites (N-methyl/N-ethyl adjacent to an activating group) is 1. The van der Waals surface area contributed by atoms with Crippen LogP contribution in [0.5, 0.6) is 0 Å². The van der Waals surface area contributed by atoms with Crippen molar-refractivity contribution in [1.82, 2.24) is 15.1 Å². The quantitative estimate of drug-likeness (QED) is 0.874. The highest BCUT2D eigenvalue weighted by molar-refractivity contribution is 5.82. The van der Waals surface area contributed by atoms with Crippen LogP contribution in [0.15, 0.2) is 24.3 Å². The molecule has 1 fully saturated rings. The van der Waals surface area contributed by atoms with E-state index in [-0.39, 0.29) is 23.8 Å². The summed E-state index contributed by atoms with van der Waals surface area (Å²) >= 11 is 0. The summed E-state index contributed by atoms with van der Waals surface area (Å²) in [5.74, 6) is -0.0942. The molecule has 1 aromatic rings. The zero-order valence-corrected chi connectivity index (χ0v) is 14.4. The highest BCUT2D eigenvalue weighted by atomic mass is 19.1. The van der Waals surface area contributed by atoms with Crippen molar-refractivity contribution in [2.45, 2.75) is 39.3 Å². The molecule has 128 valence electrons. The molecule has 2 rings (SSSR count). The molecule has 2 atom stereocenters. The summed E-state index contributed by atoms with van der Waals surface area (Å²) in [7, 11) is 0. The monoisotopic (exact) mass is 321 g/mol. The molecule has 5 heteroatoms. The molecular formula is C18H28FN3O. The molecule has 1 heterocycles. The summed E-state index contributed by atoms with van der Waals surface area (Å²) < 4.78 is 13.6. The molecule has 0 aromatic heterocycles. The van der Waals surface area contributed by atoms with Crippen LogP contribution in [-0.4, -0.2) is 54.5 Å². The molecule has 0 saturated carbocycles. The lowest BCUT2D eigenvalue weighted by molar-refractivity contribution is -0.140. The first-order valence-electron chi connectivity index (χ1n) is 8.63. The summed E-state index contributed by atoms with van der Waals surface area (Å²) in [6.45, 7) is 10.1. The van der Waals surface area contributed by atoms with Gasteiger partial charge >= 0.3 is 0 Å². The maximum Gasteiger partial charge on any atom is 0.240 e. The number of nitrogens with one attached hydrogen (secondary N) is 1. The zero-order chi connectivity index (χ0) is 16.8. The van der Waals surface area contributed by atoms with Crippen molar-refractivity contribution in [1.29, 1.82) is 0 Å². The first-order chi connectivity index (χ1) is 11.1. The molecule has 0 aliphatic carbocycles. The van der Waals surface area contributed by atoms with E-state index >= 15 is 0 Å². The third-order valence-corrected chi connectivity index (χ3v) is 4.68. The Kier molecular flexibility index (Phi) is 6.54. The van der Waals surface area contributed by atoms with Crippen LogP contribution in [-0.2, 0) is 4.79 Å². The van der Waals surface area contributed by atoms with E-state index in [1.165, 1.54) is 12.1 Å². The van der Waals surface area contributed by atoms with Crippen molar-refractivity contribution in [3.05, 3.63) is 35.6 Å². The van der Waals surface area contributed by atoms with Gasteiger partial charge in [-0.25, -0.2) is 4.39 Å². The van der Waals surface area contributed by atoms with Gasteiger partial charge in [-0.1, -0.05) is 32.9 Å². The molecule has 0 radical (unpaired) electrons. The van der Waals surface area contributed by atoms with Crippen molar-refractivity contribution in [2.24, 2.45) is 0 Å². The van der Waals surface area contributed by atoms with E-state index in [1.807, 2.05) is 11.0 Å². The summed E-state index contributed by atoms with van der Waals surface area (Å²) in [6.07, 6.45) is 0.792. The fourth-order valence-electron chi connectivity index (χ4n) is 3.42. The smallest absolute Gasteiger partial charge is 0.240 e. The van der Waals surface area contributed by atoms with E-state index in [9.17, 15) is 9.18 Å². The molecule has 1 aliphatic rings. The number of amides is 1. The van der Waals surface area contributed by atoms with Crippen molar-refractivity contribution in [2.75, 3.05) is 32.7 Å². The molecule has 4 nitrogen and oxygen atoms in total. The Labute approximate surface area is 138 Å². The number of carbonyl (C=O) groups is 1. The molecule has 23 heavy (non-hydrogen) atoms. The maximum absolute atomic E-state index is 13.6. The largest absolute Gasteiger partial charge is 0.332 e. The van der Waals surface area contributed by atoms with Crippen LogP contribution in [0.25, 0.3) is 0 Å². The Hall–Kier alpha value is -1.46. The van der Waals surface area contributed by atoms with Gasteiger partial charge in [0.1, 0.15) is 5.82 Å². The Morgan fingerprint density at radius 3 is 2.74 bits per heavy atom. The van der Waals surface area contributed by atoms with Gasteiger partial charge in [-0.05, 0) is 37.2 Å². The summed E-state index contributed by atoms with van der Waals surface area (Å²) in [5, 5.41) is 3.32. The van der Waals surface area contributed by atoms with Crippen LogP contribution in [0.1, 0.15) is 38.8 Å². The van der Waals surface area contributed by atoms with E-state index in [0.29, 0.717) is 13.1 Å². The molecule has 2 unspecified atom stereocenters. The fourth-order valence-corrected chi connectivity index (χ4v) is 3.42. The van der Waals surface area contributed by atoms with Crippen LogP contribution in [0.2, 0.25) is 0 Å². The third-order valence-electron chi connectivity index (χ3n) is 4.68. The fraction of sp³-hybridized carbons (Fsp3) is 0.611. The lowest BCUT2D eigenvalue weighted by Gasteiger charge is -2.40. The molecule has 0 bridgehead atoms. The first kappa shape index (κ1) is 17.9. The number of nitrogens with zero attached hydrogens (tertiary/aromatic N) is 2. The van der Waals surface area contributed by atoms with Crippen LogP contribution in [0.3, 0.4) is 0 Å². The van der Waals surface area contributed by atoms with E-state index in [1.54, 1.807) is 6.07 Å². The predicted octanol–water partition coefficient (Wildman–Crippen LogP) is 2.42. The van der Waals surface area contributed by atoms with E-state index in [0.717, 1.165) is 31.6 Å². The van der Waals surface area contributed by atoms with Gasteiger partial charge in [0, 0.05) is 19.6 Å². The Bertz CT molecular complexity index is 519. The first-order valence-corrected chi connectivity index (χ1v) is 8.63. The highest BCUT2D eigenvalue weighted by Gasteiger charge is 2.33. The number of hydrogen-bond donors (Lipinski definition) is 1. The van der Waals surface area contributed by atoms with Gasteiger partial charge in [-0.3, -0.25) is 9.69 Å². The number of carbonyl (C=O) groups excluding carboxylic acids is 1. The molecule has 0 spiro atoms. The standard InChI is InChI=1S/C18H28FN3O/c1-4-16(21(5-2)6-3)18(23)22-11-10-20-13-17(22)14-8-7-9-15(19)12-14/h7-9,12,16-17,20H,4-6,10-11,13H2,1-3H3. The molecule has 1 aliphatic heterocycles. The minimum Gasteiger partial charge on any atom is -0.332 e. The summed E-state index contributed by atoms with van der Waals surface area (Å²) in [6, 6.07) is 6.39. The average molecular weight is 321 g/mol. The van der Waals surface area contributed by atoms with Crippen molar-refractivity contribution in [3.8, 4) is 0 Å². The van der Waals surface area contributed by atoms with Gasteiger partial charge < -0.3 is 10.2 Å². The van der Waals surface area contributed by atoms with Crippen molar-refractivity contribution >= 4 is 5.91 Å². The van der Waals surface area contributed by atoms with Crippen molar-refractivity contribution in [3.63, 3.8) is 0 Å². The van der Waals surface area contributed by atoms with Crippen molar-refractivity contribution < 1.29 is 9.18 Å². The number of halogens is 1. The average Bonchev–Trinajstić information content (AvgIpc) is 2.59. The molecule has 1 aromatic carbocycles. The van der Waals surface area contributed by atoms with Gasteiger partial charge in [-0.15, -0.1) is 0 Å². The molecule has 1 N–H and O–H groups in total. The van der Waals surface area contributed by atoms with Gasteiger partial charge in [0.15, 0.2) is 0 Å². The Morgan fingerprint density at radius 1 is 1.39 bits per heavy atom. The van der Waals surface area contributed by atoms with Gasteiger partial charge in [0.05, 0.1) is 12.1 Å². The summed E-state index contributed by atoms with van der Waals surface area (Å²) in [4.78, 5) is 17.2. The second-order valence-electron chi connectivity index (χ2n) is 5.95. The lowest BCUT2D eigenvalue weighted by Crippen LogP contribution is -2.55. The maximum atomic E-state index is 13.6. The molecular weight excluding hydrogens is 293 g/mol. The van der Waals surface area contributed by atoms with Crippen LogP contribution < -0.4 is 5.32 Å². The minimum absolute atomic E-state index is 0.0980. The summed E-state index contributed by atoms with van der Waals surface area (Å²) in [5.41, 5.74) is 0.861. The van der Waals surface area contributed by atoms with E-state index in [2.05, 4.69) is 31.0 Å². The highest BCUT2D eigenvalue weighted by Crippen LogP contribution is 2.25. The second-order valence-corrected chi connectivity index (χ2v) is 5.95. The number of piperazine rings is 1. The van der Waals surface area contributed by atoms with Gasteiger partial charge in [0.2, 0.25) is 5.91 Å². The molecule has 1 saturated heterocycles. The topological polar surface area (TPSA) is 35.6 Å². The zero-order valence-electron chi connectivity index (χ0n) is 14.4. The minimum atomic E-state index is -0.253. The third kappa shape index (κ3) is 4.09. The van der Waals surface area contributed by atoms with Gasteiger partial charge in [-0.2, -0.15) is 0 Å². The number of rotatable bonds is 6. The predicted molar refractivity (Wildman–Crippen MR) is 90.7 cm³/mol. The number of benzene rings is 1. The lowest BCUT2D eigenvalue weighted by atomic mass is 10.0. The van der Waals surface area contributed by atoms with E-state index < -0.39 is 0 Å². The molecule has 1 amide bonds. The van der Waals surface area contributed by atoms with Crippen LogP contribution in [0.4, 0.5) is 4.39 Å². The van der Waals surface area contributed by atoms with Gasteiger partial charge in [0.25, 0.3) is 0 Å². The van der Waals surface area contributed by atoms with E-state index in [4.69, 9.17) is 0 Å². The Balaban J connectivity index is 2.24.